The Balaban J connectivity index is 1.60. The monoisotopic (exact) mass is 344 g/mol. The van der Waals surface area contributed by atoms with Crippen molar-refractivity contribution in [2.45, 2.75) is 26.3 Å². The van der Waals surface area contributed by atoms with E-state index in [-0.39, 0.29) is 5.56 Å². The van der Waals surface area contributed by atoms with Gasteiger partial charge in [0.15, 0.2) is 0 Å². The number of nitrogens with zero attached hydrogens (tertiary/aromatic N) is 1. The SMILES string of the molecule is CC1CCN(Cc2ccc(NC(=O)c3cc(F)ccc3F)cc2)CC1. The molecule has 1 aliphatic rings. The summed E-state index contributed by atoms with van der Waals surface area (Å²) >= 11 is 0. The first-order chi connectivity index (χ1) is 12.0. The molecule has 0 atom stereocenters. The third-order valence-corrected chi connectivity index (χ3v) is 4.67. The summed E-state index contributed by atoms with van der Waals surface area (Å²) in [5.74, 6) is -1.24. The maximum absolute atomic E-state index is 13.6. The van der Waals surface area contributed by atoms with E-state index in [9.17, 15) is 13.6 Å². The number of hydrogen-bond acceptors (Lipinski definition) is 2. The minimum Gasteiger partial charge on any atom is -0.322 e. The second kappa shape index (κ2) is 7.74. The van der Waals surface area contributed by atoms with Crippen LogP contribution in [-0.4, -0.2) is 23.9 Å². The molecule has 1 saturated heterocycles. The van der Waals surface area contributed by atoms with E-state index in [2.05, 4.69) is 17.1 Å². The van der Waals surface area contributed by atoms with Crippen molar-refractivity contribution in [2.24, 2.45) is 5.92 Å². The van der Waals surface area contributed by atoms with E-state index in [1.165, 1.54) is 18.4 Å². The number of likely N-dealkylation sites (tertiary alicyclic amines) is 1. The number of halogens is 2. The van der Waals surface area contributed by atoms with Gasteiger partial charge in [0.05, 0.1) is 5.56 Å². The van der Waals surface area contributed by atoms with E-state index in [0.717, 1.165) is 43.8 Å². The van der Waals surface area contributed by atoms with Crippen molar-refractivity contribution in [2.75, 3.05) is 18.4 Å². The van der Waals surface area contributed by atoms with Crippen molar-refractivity contribution in [3.63, 3.8) is 0 Å². The Morgan fingerprint density at radius 2 is 1.80 bits per heavy atom. The molecule has 5 heteroatoms. The molecule has 132 valence electrons. The molecule has 1 amide bonds. The van der Waals surface area contributed by atoms with E-state index < -0.39 is 17.5 Å². The molecular weight excluding hydrogens is 322 g/mol. The number of amides is 1. The van der Waals surface area contributed by atoms with Crippen LogP contribution < -0.4 is 5.32 Å². The van der Waals surface area contributed by atoms with Gasteiger partial charge in [0, 0.05) is 12.2 Å². The Bertz CT molecular complexity index is 738. The van der Waals surface area contributed by atoms with Crippen molar-refractivity contribution in [1.29, 1.82) is 0 Å². The molecule has 1 N–H and O–H groups in total. The number of piperidine rings is 1. The van der Waals surface area contributed by atoms with E-state index in [1.807, 2.05) is 12.1 Å². The number of anilines is 1. The summed E-state index contributed by atoms with van der Waals surface area (Å²) in [6.45, 7) is 5.40. The topological polar surface area (TPSA) is 32.3 Å². The molecule has 3 rings (SSSR count). The largest absolute Gasteiger partial charge is 0.322 e. The van der Waals surface area contributed by atoms with Gasteiger partial charge >= 0.3 is 0 Å². The Labute approximate surface area is 146 Å². The number of carbonyl (C=O) groups excluding carboxylic acids is 1. The second-order valence-electron chi connectivity index (χ2n) is 6.73. The lowest BCUT2D eigenvalue weighted by atomic mass is 9.99. The smallest absolute Gasteiger partial charge is 0.258 e. The predicted octanol–water partition coefficient (Wildman–Crippen LogP) is 4.45. The average Bonchev–Trinajstić information content (AvgIpc) is 2.60. The number of nitrogens with one attached hydrogen (secondary N) is 1. The normalized spacial score (nSPS) is 16.0. The number of rotatable bonds is 4. The first-order valence-electron chi connectivity index (χ1n) is 8.59. The van der Waals surface area contributed by atoms with Crippen molar-refractivity contribution < 1.29 is 13.6 Å². The van der Waals surface area contributed by atoms with E-state index in [4.69, 9.17) is 0 Å². The van der Waals surface area contributed by atoms with Gasteiger partial charge < -0.3 is 5.32 Å². The van der Waals surface area contributed by atoms with Crippen LogP contribution in [0.1, 0.15) is 35.7 Å². The molecule has 0 radical (unpaired) electrons. The van der Waals surface area contributed by atoms with Crippen LogP contribution in [0.25, 0.3) is 0 Å². The van der Waals surface area contributed by atoms with Crippen LogP contribution >= 0.6 is 0 Å². The van der Waals surface area contributed by atoms with Crippen molar-refractivity contribution in [3.05, 3.63) is 65.2 Å². The highest BCUT2D eigenvalue weighted by atomic mass is 19.1. The van der Waals surface area contributed by atoms with Gasteiger partial charge in [0.25, 0.3) is 5.91 Å². The Kier molecular flexibility index (Phi) is 5.43. The summed E-state index contributed by atoms with van der Waals surface area (Å²) in [6.07, 6.45) is 2.46. The number of carbonyl (C=O) groups is 1. The third kappa shape index (κ3) is 4.63. The third-order valence-electron chi connectivity index (χ3n) is 4.67. The van der Waals surface area contributed by atoms with Gasteiger partial charge in [-0.25, -0.2) is 8.78 Å². The van der Waals surface area contributed by atoms with Crippen molar-refractivity contribution in [1.82, 2.24) is 4.90 Å². The summed E-state index contributed by atoms with van der Waals surface area (Å²) in [6, 6.07) is 10.3. The molecule has 25 heavy (non-hydrogen) atoms. The Hall–Kier alpha value is -2.27. The molecule has 0 bridgehead atoms. The highest BCUT2D eigenvalue weighted by molar-refractivity contribution is 6.04. The molecule has 1 fully saturated rings. The summed E-state index contributed by atoms with van der Waals surface area (Å²) in [5.41, 5.74) is 1.43. The summed E-state index contributed by atoms with van der Waals surface area (Å²) < 4.78 is 26.8. The molecule has 0 aliphatic carbocycles. The lowest BCUT2D eigenvalue weighted by molar-refractivity contribution is 0.102. The van der Waals surface area contributed by atoms with Crippen LogP contribution in [0.2, 0.25) is 0 Å². The Morgan fingerprint density at radius 3 is 2.48 bits per heavy atom. The fourth-order valence-corrected chi connectivity index (χ4v) is 3.04. The van der Waals surface area contributed by atoms with E-state index >= 15 is 0 Å². The standard InChI is InChI=1S/C20H22F2N2O/c1-14-8-10-24(11-9-14)13-15-2-5-17(6-3-15)23-20(25)18-12-16(21)4-7-19(18)22/h2-7,12,14H,8-11,13H2,1H3,(H,23,25). The van der Waals surface area contributed by atoms with Crippen molar-refractivity contribution in [3.8, 4) is 0 Å². The second-order valence-corrected chi connectivity index (χ2v) is 6.73. The van der Waals surface area contributed by atoms with Crippen LogP contribution in [0.4, 0.5) is 14.5 Å². The van der Waals surface area contributed by atoms with Gasteiger partial charge in [-0.1, -0.05) is 19.1 Å². The maximum atomic E-state index is 13.6. The summed E-state index contributed by atoms with van der Waals surface area (Å²) in [4.78, 5) is 14.5. The fraction of sp³-hybridized carbons (Fsp3) is 0.350. The van der Waals surface area contributed by atoms with Gasteiger partial charge in [-0.15, -0.1) is 0 Å². The minimum absolute atomic E-state index is 0.300. The van der Waals surface area contributed by atoms with Crippen LogP contribution in [-0.2, 0) is 6.54 Å². The van der Waals surface area contributed by atoms with Crippen molar-refractivity contribution >= 4 is 11.6 Å². The molecule has 0 unspecified atom stereocenters. The lowest BCUT2D eigenvalue weighted by Gasteiger charge is -2.30. The van der Waals surface area contributed by atoms with E-state index in [1.54, 1.807) is 12.1 Å². The first-order valence-corrected chi connectivity index (χ1v) is 8.59. The summed E-state index contributed by atoms with van der Waals surface area (Å²) in [7, 11) is 0. The number of benzene rings is 2. The highest BCUT2D eigenvalue weighted by Crippen LogP contribution is 2.19. The van der Waals surface area contributed by atoms with Crippen LogP contribution in [0.15, 0.2) is 42.5 Å². The quantitative estimate of drug-likeness (QED) is 0.889. The molecule has 0 aromatic heterocycles. The zero-order valence-electron chi connectivity index (χ0n) is 14.3. The molecule has 1 heterocycles. The predicted molar refractivity (Wildman–Crippen MR) is 94.4 cm³/mol. The lowest BCUT2D eigenvalue weighted by Crippen LogP contribution is -2.32. The molecule has 0 spiro atoms. The fourth-order valence-electron chi connectivity index (χ4n) is 3.04. The van der Waals surface area contributed by atoms with Gasteiger partial charge in [-0.05, 0) is 67.7 Å². The van der Waals surface area contributed by atoms with Crippen LogP contribution in [0.5, 0.6) is 0 Å². The molecule has 3 nitrogen and oxygen atoms in total. The number of hydrogen-bond donors (Lipinski definition) is 1. The maximum Gasteiger partial charge on any atom is 0.258 e. The summed E-state index contributed by atoms with van der Waals surface area (Å²) in [5, 5.41) is 2.60. The Morgan fingerprint density at radius 1 is 1.12 bits per heavy atom. The molecule has 0 saturated carbocycles. The minimum atomic E-state index is -0.741. The average molecular weight is 344 g/mol. The first kappa shape index (κ1) is 17.5. The van der Waals surface area contributed by atoms with Crippen LogP contribution in [0.3, 0.4) is 0 Å². The highest BCUT2D eigenvalue weighted by Gasteiger charge is 2.16. The van der Waals surface area contributed by atoms with Gasteiger partial charge in [0.1, 0.15) is 11.6 Å². The van der Waals surface area contributed by atoms with Gasteiger partial charge in [-0.3, -0.25) is 9.69 Å². The molecule has 2 aromatic rings. The molecule has 1 aliphatic heterocycles. The zero-order chi connectivity index (χ0) is 17.8. The van der Waals surface area contributed by atoms with Gasteiger partial charge in [-0.2, -0.15) is 0 Å². The van der Waals surface area contributed by atoms with Crippen LogP contribution in [0, 0.1) is 17.6 Å². The molecule has 2 aromatic carbocycles. The zero-order valence-corrected chi connectivity index (χ0v) is 14.3. The van der Waals surface area contributed by atoms with E-state index in [0.29, 0.717) is 5.69 Å². The van der Waals surface area contributed by atoms with Gasteiger partial charge in [0.2, 0.25) is 0 Å². The molecular formula is C20H22F2N2O.